The largest absolute Gasteiger partial charge is 0.455 e. The molecule has 3 nitrogen and oxygen atoms in total. The molecule has 0 radical (unpaired) electrons. The monoisotopic (exact) mass is 671 g/mol. The van der Waals surface area contributed by atoms with Gasteiger partial charge in [-0.05, 0) is 77.4 Å². The highest BCUT2D eigenvalue weighted by Gasteiger charge is 2.27. The first-order chi connectivity index (χ1) is 25.7. The molecule has 250 valence electrons. The van der Waals surface area contributed by atoms with Gasteiger partial charge >= 0.3 is 0 Å². The maximum absolute atomic E-state index is 6.40. The predicted octanol–water partition coefficient (Wildman–Crippen LogP) is 13.7. The lowest BCUT2D eigenvalue weighted by atomic mass is 9.86. The Kier molecular flexibility index (Phi) is 7.31. The van der Waals surface area contributed by atoms with Gasteiger partial charge in [0.15, 0.2) is 0 Å². The van der Waals surface area contributed by atoms with E-state index in [1.165, 1.54) is 11.1 Å². The summed E-state index contributed by atoms with van der Waals surface area (Å²) in [5.41, 5.74) is 13.1. The molecular formula is C49H37NO2. The van der Waals surface area contributed by atoms with E-state index in [2.05, 4.69) is 157 Å². The smallest absolute Gasteiger partial charge is 0.143 e. The molecule has 52 heavy (non-hydrogen) atoms. The van der Waals surface area contributed by atoms with Crippen molar-refractivity contribution in [2.75, 3.05) is 4.90 Å². The Balaban J connectivity index is 1.04. The number of hydrogen-bond donors (Lipinski definition) is 0. The molecule has 3 heteroatoms. The Labute approximate surface area is 303 Å². The Morgan fingerprint density at radius 3 is 1.58 bits per heavy atom. The zero-order valence-electron chi connectivity index (χ0n) is 29.0. The molecule has 0 amide bonds. The van der Waals surface area contributed by atoms with Crippen molar-refractivity contribution in [3.05, 3.63) is 181 Å². The minimum atomic E-state index is 0.131. The van der Waals surface area contributed by atoms with Crippen LogP contribution in [0.2, 0.25) is 0 Å². The summed E-state index contributed by atoms with van der Waals surface area (Å²) in [5, 5.41) is 4.58. The number of anilines is 2. The van der Waals surface area contributed by atoms with Crippen molar-refractivity contribution < 1.29 is 8.83 Å². The van der Waals surface area contributed by atoms with Crippen molar-refractivity contribution in [2.24, 2.45) is 5.92 Å². The highest BCUT2D eigenvalue weighted by atomic mass is 16.3. The first-order valence-electron chi connectivity index (χ1n) is 18.3. The van der Waals surface area contributed by atoms with Crippen molar-refractivity contribution >= 4 is 55.3 Å². The quantitative estimate of drug-likeness (QED) is 0.176. The molecule has 0 N–H and O–H groups in total. The average Bonchev–Trinajstić information content (AvgIpc) is 3.78. The fraction of sp³-hybridized carbons (Fsp3) is 0.102. The van der Waals surface area contributed by atoms with Gasteiger partial charge in [-0.3, -0.25) is 0 Å². The Bertz CT molecular complexity index is 2590. The van der Waals surface area contributed by atoms with Gasteiger partial charge in [0.05, 0.1) is 6.04 Å². The molecule has 0 saturated heterocycles. The fourth-order valence-corrected chi connectivity index (χ4v) is 8.20. The Morgan fingerprint density at radius 1 is 0.519 bits per heavy atom. The molecule has 0 bridgehead atoms. The van der Waals surface area contributed by atoms with Crippen molar-refractivity contribution in [3.8, 4) is 22.3 Å². The summed E-state index contributed by atoms with van der Waals surface area (Å²) in [6.07, 6.45) is 16.3. The summed E-state index contributed by atoms with van der Waals surface area (Å²) in [6.45, 7) is 2.33. The molecule has 10 rings (SSSR count). The summed E-state index contributed by atoms with van der Waals surface area (Å²) in [5.74, 6) is 0.282. The molecule has 2 heterocycles. The summed E-state index contributed by atoms with van der Waals surface area (Å²) in [4.78, 5) is 2.48. The van der Waals surface area contributed by atoms with E-state index in [-0.39, 0.29) is 12.0 Å². The molecular weight excluding hydrogens is 635 g/mol. The summed E-state index contributed by atoms with van der Waals surface area (Å²) >= 11 is 0. The van der Waals surface area contributed by atoms with Gasteiger partial charge in [-0.2, -0.15) is 0 Å². The molecule has 0 fully saturated rings. The average molecular weight is 672 g/mol. The van der Waals surface area contributed by atoms with Crippen LogP contribution in [0.25, 0.3) is 66.1 Å². The predicted molar refractivity (Wildman–Crippen MR) is 217 cm³/mol. The minimum absolute atomic E-state index is 0.131. The first-order valence-corrected chi connectivity index (χ1v) is 18.3. The van der Waals surface area contributed by atoms with E-state index in [4.69, 9.17) is 8.83 Å². The molecule has 2 atom stereocenters. The number of fused-ring (bicyclic) bond motifs is 6. The highest BCUT2D eigenvalue weighted by Crippen LogP contribution is 2.41. The summed E-state index contributed by atoms with van der Waals surface area (Å²) < 4.78 is 12.8. The summed E-state index contributed by atoms with van der Waals surface area (Å²) in [6, 6.07) is 47.5. The zero-order chi connectivity index (χ0) is 34.6. The van der Waals surface area contributed by atoms with E-state index in [9.17, 15) is 0 Å². The number of rotatable bonds is 6. The van der Waals surface area contributed by atoms with Crippen molar-refractivity contribution in [2.45, 2.75) is 25.8 Å². The second-order valence-electron chi connectivity index (χ2n) is 14.0. The van der Waals surface area contributed by atoms with Crippen molar-refractivity contribution in [1.29, 1.82) is 0 Å². The van der Waals surface area contributed by atoms with E-state index in [1.807, 2.05) is 24.3 Å². The third kappa shape index (κ3) is 5.12. The molecule has 6 aromatic carbocycles. The van der Waals surface area contributed by atoms with E-state index >= 15 is 0 Å². The molecule has 0 saturated carbocycles. The Morgan fingerprint density at radius 2 is 1.06 bits per heavy atom. The lowest BCUT2D eigenvalue weighted by molar-refractivity contribution is 0.606. The van der Waals surface area contributed by atoms with Crippen LogP contribution in [0, 0.1) is 5.92 Å². The topological polar surface area (TPSA) is 29.5 Å². The minimum Gasteiger partial charge on any atom is -0.455 e. The maximum atomic E-state index is 6.40. The second-order valence-corrected chi connectivity index (χ2v) is 14.0. The molecule has 0 aliphatic heterocycles. The second kappa shape index (κ2) is 12.5. The van der Waals surface area contributed by atoms with Crippen LogP contribution in [0.15, 0.2) is 190 Å². The number of benzene rings is 6. The number of allylic oxidation sites excluding steroid dienone is 6. The zero-order valence-corrected chi connectivity index (χ0v) is 29.0. The highest BCUT2D eigenvalue weighted by molar-refractivity contribution is 6.10. The number of para-hydroxylation sites is 4. The van der Waals surface area contributed by atoms with Gasteiger partial charge in [-0.25, -0.2) is 0 Å². The van der Waals surface area contributed by atoms with Gasteiger partial charge < -0.3 is 13.7 Å². The molecule has 2 aliphatic carbocycles. The van der Waals surface area contributed by atoms with Crippen LogP contribution < -0.4 is 4.90 Å². The maximum Gasteiger partial charge on any atom is 0.143 e. The van der Waals surface area contributed by atoms with Crippen LogP contribution >= 0.6 is 0 Å². The van der Waals surface area contributed by atoms with Crippen LogP contribution in [0.3, 0.4) is 0 Å². The molecule has 8 aromatic rings. The lowest BCUT2D eigenvalue weighted by Gasteiger charge is -2.37. The van der Waals surface area contributed by atoms with Crippen molar-refractivity contribution in [1.82, 2.24) is 0 Å². The molecule has 0 spiro atoms. The van der Waals surface area contributed by atoms with E-state index in [0.717, 1.165) is 90.3 Å². The van der Waals surface area contributed by atoms with E-state index in [0.29, 0.717) is 0 Å². The van der Waals surface area contributed by atoms with Gasteiger partial charge in [0, 0.05) is 44.0 Å². The first kappa shape index (κ1) is 30.5. The number of furan rings is 2. The van der Waals surface area contributed by atoms with E-state index in [1.54, 1.807) is 0 Å². The molecule has 2 aliphatic rings. The van der Waals surface area contributed by atoms with Crippen LogP contribution in [0.1, 0.15) is 19.8 Å². The molecule has 2 unspecified atom stereocenters. The standard InChI is InChI=1S/C49H37NO2/c1-32-31-36(33-11-3-2-4-12-33)25-30-45(32)50(37-26-21-34(22-27-37)39-15-9-17-43-41-13-5-7-19-46(41)51-48(39)43)38-28-23-35(24-29-38)40-16-10-18-44-42-14-6-8-20-47(42)52-49(40)44/h3,5-32,45H,2,4H2,1H3. The normalized spacial score (nSPS) is 17.2. The van der Waals surface area contributed by atoms with E-state index < -0.39 is 0 Å². The summed E-state index contributed by atoms with van der Waals surface area (Å²) in [7, 11) is 0. The SMILES string of the molecule is CC1C=C(C2=CCCC=C2)C=CC1N(c1ccc(-c2cccc3c2oc2ccccc23)cc1)c1ccc(-c2cccc3c2oc2ccccc23)cc1. The number of nitrogens with zero attached hydrogens (tertiary/aromatic N) is 1. The van der Waals surface area contributed by atoms with Gasteiger partial charge in [0.2, 0.25) is 0 Å². The van der Waals surface area contributed by atoms with Crippen LogP contribution in [0.4, 0.5) is 11.4 Å². The number of hydrogen-bond acceptors (Lipinski definition) is 3. The third-order valence-corrected chi connectivity index (χ3v) is 10.8. The fourth-order valence-electron chi connectivity index (χ4n) is 8.20. The van der Waals surface area contributed by atoms with Crippen molar-refractivity contribution in [3.63, 3.8) is 0 Å². The third-order valence-electron chi connectivity index (χ3n) is 10.8. The van der Waals surface area contributed by atoms with Gasteiger partial charge in [-0.15, -0.1) is 0 Å². The van der Waals surface area contributed by atoms with Crippen LogP contribution in [-0.4, -0.2) is 6.04 Å². The van der Waals surface area contributed by atoms with Gasteiger partial charge in [0.1, 0.15) is 22.3 Å². The Hall–Kier alpha value is -6.32. The van der Waals surface area contributed by atoms with Crippen LogP contribution in [0.5, 0.6) is 0 Å². The van der Waals surface area contributed by atoms with Crippen LogP contribution in [-0.2, 0) is 0 Å². The molecule has 2 aromatic heterocycles. The lowest BCUT2D eigenvalue weighted by Crippen LogP contribution is -2.35. The van der Waals surface area contributed by atoms with Gasteiger partial charge in [0.25, 0.3) is 0 Å². The van der Waals surface area contributed by atoms with Gasteiger partial charge in [-0.1, -0.05) is 140 Å².